The first-order chi connectivity index (χ1) is 17.9. The minimum absolute atomic E-state index is 0.0156. The molecule has 3 aromatic rings. The molecule has 0 bridgehead atoms. The molecule has 1 atom stereocenters. The van der Waals surface area contributed by atoms with E-state index < -0.39 is 11.8 Å². The molecular formula is C30H30N4O3. The van der Waals surface area contributed by atoms with Crippen molar-refractivity contribution in [2.45, 2.75) is 46.6 Å². The van der Waals surface area contributed by atoms with Crippen LogP contribution in [0.5, 0.6) is 5.75 Å². The van der Waals surface area contributed by atoms with E-state index in [1.54, 1.807) is 17.7 Å². The number of para-hydroxylation sites is 1. The Bertz CT molecular complexity index is 1430. The Hall–Kier alpha value is -4.44. The second-order valence-electron chi connectivity index (χ2n) is 9.00. The minimum atomic E-state index is -0.544. The van der Waals surface area contributed by atoms with Gasteiger partial charge in [-0.15, -0.1) is 0 Å². The van der Waals surface area contributed by atoms with Crippen molar-refractivity contribution < 1.29 is 14.3 Å². The van der Waals surface area contributed by atoms with E-state index >= 15 is 0 Å². The molecule has 0 spiro atoms. The molecule has 2 amide bonds. The monoisotopic (exact) mass is 494 g/mol. The van der Waals surface area contributed by atoms with Crippen molar-refractivity contribution in [3.8, 4) is 28.8 Å². The van der Waals surface area contributed by atoms with Crippen LogP contribution in [-0.4, -0.2) is 39.1 Å². The van der Waals surface area contributed by atoms with E-state index in [0.29, 0.717) is 35.4 Å². The van der Waals surface area contributed by atoms with Gasteiger partial charge in [-0.25, -0.2) is 4.68 Å². The summed E-state index contributed by atoms with van der Waals surface area (Å²) < 4.78 is 7.59. The zero-order valence-corrected chi connectivity index (χ0v) is 21.6. The number of nitrogens with zero attached hydrogens (tertiary/aromatic N) is 4. The quantitative estimate of drug-likeness (QED) is 0.295. The molecule has 7 heteroatoms. The van der Waals surface area contributed by atoms with Gasteiger partial charge >= 0.3 is 0 Å². The lowest BCUT2D eigenvalue weighted by Gasteiger charge is -2.31. The van der Waals surface area contributed by atoms with Crippen molar-refractivity contribution in [1.82, 2.24) is 14.7 Å². The van der Waals surface area contributed by atoms with Crippen LogP contribution in [0.2, 0.25) is 0 Å². The summed E-state index contributed by atoms with van der Waals surface area (Å²) in [7, 11) is 0. The molecule has 0 saturated carbocycles. The van der Waals surface area contributed by atoms with Crippen molar-refractivity contribution in [3.63, 3.8) is 0 Å². The average molecular weight is 495 g/mol. The van der Waals surface area contributed by atoms with Crippen LogP contribution in [-0.2, 0) is 9.59 Å². The molecule has 0 radical (unpaired) electrons. The van der Waals surface area contributed by atoms with Gasteiger partial charge in [-0.05, 0) is 62.6 Å². The highest BCUT2D eigenvalue weighted by Gasteiger charge is 2.37. The summed E-state index contributed by atoms with van der Waals surface area (Å²) in [5.74, 6) is -0.218. The third-order valence-electron chi connectivity index (χ3n) is 6.45. The molecule has 0 saturated heterocycles. The van der Waals surface area contributed by atoms with Gasteiger partial charge in [-0.3, -0.25) is 14.5 Å². The number of nitriles is 1. The smallest absolute Gasteiger partial charge is 0.271 e. The number of ether oxygens (including phenoxy) is 1. The van der Waals surface area contributed by atoms with Crippen LogP contribution in [0.25, 0.3) is 23.0 Å². The van der Waals surface area contributed by atoms with Gasteiger partial charge in [0.1, 0.15) is 23.1 Å². The molecule has 0 aliphatic carbocycles. The Morgan fingerprint density at radius 2 is 1.84 bits per heavy atom. The van der Waals surface area contributed by atoms with Gasteiger partial charge in [0.25, 0.3) is 11.8 Å². The molecule has 37 heavy (non-hydrogen) atoms. The zero-order valence-electron chi connectivity index (χ0n) is 21.6. The summed E-state index contributed by atoms with van der Waals surface area (Å²) >= 11 is 0. The fraction of sp³-hybridized carbons (Fsp3) is 0.267. The van der Waals surface area contributed by atoms with Crippen molar-refractivity contribution in [1.29, 1.82) is 5.26 Å². The molecule has 2 aromatic carbocycles. The second-order valence-corrected chi connectivity index (χ2v) is 9.00. The number of aromatic nitrogens is 2. The van der Waals surface area contributed by atoms with E-state index in [1.807, 2.05) is 80.7 Å². The Morgan fingerprint density at radius 3 is 2.51 bits per heavy atom. The van der Waals surface area contributed by atoms with E-state index in [4.69, 9.17) is 9.84 Å². The first-order valence-corrected chi connectivity index (χ1v) is 12.5. The van der Waals surface area contributed by atoms with Crippen molar-refractivity contribution in [2.75, 3.05) is 6.61 Å². The highest BCUT2D eigenvalue weighted by atomic mass is 16.5. The number of carbonyl (C=O) groups excluding carboxylic acids is 2. The average Bonchev–Trinajstić information content (AvgIpc) is 3.34. The number of hydrogen-bond donors (Lipinski definition) is 0. The Morgan fingerprint density at radius 1 is 1.08 bits per heavy atom. The normalized spacial score (nSPS) is 15.8. The largest absolute Gasteiger partial charge is 0.494 e. The van der Waals surface area contributed by atoms with Crippen LogP contribution >= 0.6 is 0 Å². The third kappa shape index (κ3) is 5.10. The molecule has 1 unspecified atom stereocenters. The molecule has 1 aliphatic rings. The van der Waals surface area contributed by atoms with Gasteiger partial charge in [0.15, 0.2) is 0 Å². The fourth-order valence-electron chi connectivity index (χ4n) is 4.22. The summed E-state index contributed by atoms with van der Waals surface area (Å²) in [6.07, 6.45) is 5.07. The van der Waals surface area contributed by atoms with Gasteiger partial charge in [0.2, 0.25) is 0 Å². The summed E-state index contributed by atoms with van der Waals surface area (Å²) in [4.78, 5) is 27.7. The number of rotatable bonds is 8. The highest BCUT2D eigenvalue weighted by Crippen LogP contribution is 2.33. The van der Waals surface area contributed by atoms with E-state index in [1.165, 1.54) is 4.90 Å². The Kier molecular flexibility index (Phi) is 7.69. The minimum Gasteiger partial charge on any atom is -0.494 e. The zero-order chi connectivity index (χ0) is 26.5. The summed E-state index contributed by atoms with van der Waals surface area (Å²) in [5, 5.41) is 14.6. The van der Waals surface area contributed by atoms with Gasteiger partial charge in [0.05, 0.1) is 12.3 Å². The highest BCUT2D eigenvalue weighted by molar-refractivity contribution is 6.20. The topological polar surface area (TPSA) is 88.2 Å². The summed E-state index contributed by atoms with van der Waals surface area (Å²) in [6.45, 7) is 8.02. The van der Waals surface area contributed by atoms with Gasteiger partial charge in [-0.2, -0.15) is 10.4 Å². The second kappa shape index (κ2) is 11.1. The van der Waals surface area contributed by atoms with Crippen molar-refractivity contribution in [3.05, 3.63) is 83.1 Å². The van der Waals surface area contributed by atoms with Gasteiger partial charge < -0.3 is 4.74 Å². The molecule has 1 aliphatic heterocycles. The first-order valence-electron chi connectivity index (χ1n) is 12.5. The molecule has 4 rings (SSSR count). The molecule has 2 heterocycles. The van der Waals surface area contributed by atoms with Crippen LogP contribution in [0.15, 0.2) is 77.5 Å². The molecule has 0 N–H and O–H groups in total. The predicted octanol–water partition coefficient (Wildman–Crippen LogP) is 5.72. The maximum absolute atomic E-state index is 13.6. The fourth-order valence-corrected chi connectivity index (χ4v) is 4.22. The predicted molar refractivity (Wildman–Crippen MR) is 143 cm³/mol. The van der Waals surface area contributed by atoms with E-state index in [9.17, 15) is 14.9 Å². The maximum Gasteiger partial charge on any atom is 0.271 e. The lowest BCUT2D eigenvalue weighted by Crippen LogP contribution is -2.47. The van der Waals surface area contributed by atoms with Crippen LogP contribution in [0, 0.1) is 11.3 Å². The van der Waals surface area contributed by atoms with Crippen LogP contribution in [0.3, 0.4) is 0 Å². The van der Waals surface area contributed by atoms with Crippen molar-refractivity contribution >= 4 is 17.9 Å². The molecule has 0 fully saturated rings. The van der Waals surface area contributed by atoms with E-state index in [2.05, 4.69) is 6.92 Å². The Balaban J connectivity index is 1.91. The number of imide groups is 1. The lowest BCUT2D eigenvalue weighted by molar-refractivity contribution is -0.142. The molecule has 188 valence electrons. The molecule has 7 nitrogen and oxygen atoms in total. The van der Waals surface area contributed by atoms with Crippen molar-refractivity contribution in [2.24, 2.45) is 0 Å². The molecule has 1 aromatic heterocycles. The third-order valence-corrected chi connectivity index (χ3v) is 6.45. The van der Waals surface area contributed by atoms with Crippen LogP contribution < -0.4 is 4.74 Å². The lowest BCUT2D eigenvalue weighted by atomic mass is 9.92. The van der Waals surface area contributed by atoms with E-state index in [-0.39, 0.29) is 11.6 Å². The van der Waals surface area contributed by atoms with Crippen LogP contribution in [0.1, 0.15) is 46.1 Å². The SMILES string of the molecule is CCCOc1cccc(-c2nn(-c3ccccc3)cc2/C=C2/C(=O)N(C(C)CC)C(=O)C(C#N)=C2C)c1. The number of benzene rings is 2. The molecular weight excluding hydrogens is 464 g/mol. The standard InChI is InChI=1S/C30H30N4O3/c1-5-15-37-25-14-10-11-22(16-25)28-23(19-33(32-28)24-12-8-7-9-13-24)17-26-21(4)27(18-31)30(36)34(29(26)35)20(3)6-2/h7-14,16-17,19-20H,5-6,15H2,1-4H3/b26-17+. The van der Waals surface area contributed by atoms with Gasteiger partial charge in [0, 0.05) is 28.9 Å². The Labute approximate surface area is 217 Å². The van der Waals surface area contributed by atoms with Crippen LogP contribution in [0.4, 0.5) is 0 Å². The number of carbonyl (C=O) groups is 2. The van der Waals surface area contributed by atoms with E-state index in [0.717, 1.165) is 23.4 Å². The number of hydrogen-bond acceptors (Lipinski definition) is 5. The number of amides is 2. The summed E-state index contributed by atoms with van der Waals surface area (Å²) in [6, 6.07) is 19.0. The maximum atomic E-state index is 13.6. The summed E-state index contributed by atoms with van der Waals surface area (Å²) in [5.41, 5.74) is 3.70. The first kappa shape index (κ1) is 25.6. The van der Waals surface area contributed by atoms with Gasteiger partial charge in [-0.1, -0.05) is 44.2 Å².